The zero-order chi connectivity index (χ0) is 13.2. The van der Waals surface area contributed by atoms with Crippen LogP contribution in [0.3, 0.4) is 0 Å². The molecule has 0 amide bonds. The molecule has 0 bridgehead atoms. The van der Waals surface area contributed by atoms with E-state index in [-0.39, 0.29) is 11.6 Å². The Balaban J connectivity index is 2.01. The van der Waals surface area contributed by atoms with Crippen LogP contribution in [0, 0.1) is 0 Å². The molecule has 1 fully saturated rings. The van der Waals surface area contributed by atoms with E-state index in [1.54, 1.807) is 0 Å². The lowest BCUT2D eigenvalue weighted by molar-refractivity contribution is 0.154. The van der Waals surface area contributed by atoms with Crippen molar-refractivity contribution in [3.63, 3.8) is 0 Å². The van der Waals surface area contributed by atoms with Gasteiger partial charge in [0.05, 0.1) is 6.61 Å². The number of hydrogen-bond donors (Lipinski definition) is 1. The first-order valence-electron chi connectivity index (χ1n) is 6.76. The first-order valence-corrected chi connectivity index (χ1v) is 6.76. The maximum atomic E-state index is 6.16. The Labute approximate surface area is 110 Å². The second kappa shape index (κ2) is 5.29. The van der Waals surface area contributed by atoms with Gasteiger partial charge in [0.2, 0.25) is 0 Å². The molecule has 1 aromatic rings. The van der Waals surface area contributed by atoms with Crippen LogP contribution in [-0.2, 0) is 6.54 Å². The summed E-state index contributed by atoms with van der Waals surface area (Å²) in [7, 11) is 0. The van der Waals surface area contributed by atoms with Crippen molar-refractivity contribution in [3.8, 4) is 5.75 Å². The minimum Gasteiger partial charge on any atom is -0.494 e. The Hall–Kier alpha value is -1.06. The molecule has 100 valence electrons. The van der Waals surface area contributed by atoms with Gasteiger partial charge in [0, 0.05) is 24.7 Å². The summed E-state index contributed by atoms with van der Waals surface area (Å²) < 4.78 is 5.46. The lowest BCUT2D eigenvalue weighted by Crippen LogP contribution is -2.48. The van der Waals surface area contributed by atoms with E-state index in [0.29, 0.717) is 6.61 Å². The quantitative estimate of drug-likeness (QED) is 0.889. The molecule has 0 spiro atoms. The summed E-state index contributed by atoms with van der Waals surface area (Å²) in [6, 6.07) is 8.65. The van der Waals surface area contributed by atoms with Crippen molar-refractivity contribution in [2.45, 2.75) is 45.3 Å². The molecule has 0 aromatic heterocycles. The van der Waals surface area contributed by atoms with Gasteiger partial charge in [0.1, 0.15) is 5.75 Å². The van der Waals surface area contributed by atoms with Crippen LogP contribution in [0.5, 0.6) is 5.75 Å². The number of ether oxygens (including phenoxy) is 1. The summed E-state index contributed by atoms with van der Waals surface area (Å²) in [6.07, 6.45) is 1.09. The molecular weight excluding hydrogens is 224 g/mol. The zero-order valence-corrected chi connectivity index (χ0v) is 11.6. The average molecular weight is 248 g/mol. The van der Waals surface area contributed by atoms with E-state index in [9.17, 15) is 0 Å². The molecule has 1 heterocycles. The molecule has 1 aromatic carbocycles. The monoisotopic (exact) mass is 248 g/mol. The number of benzene rings is 1. The Morgan fingerprint density at radius 3 is 2.50 bits per heavy atom. The van der Waals surface area contributed by atoms with E-state index in [4.69, 9.17) is 10.5 Å². The van der Waals surface area contributed by atoms with Gasteiger partial charge in [-0.3, -0.25) is 4.90 Å². The number of hydrogen-bond acceptors (Lipinski definition) is 3. The number of likely N-dealkylation sites (tertiary alicyclic amines) is 1. The van der Waals surface area contributed by atoms with E-state index < -0.39 is 0 Å². The fourth-order valence-electron chi connectivity index (χ4n) is 2.53. The smallest absolute Gasteiger partial charge is 0.119 e. The summed E-state index contributed by atoms with van der Waals surface area (Å²) in [5.74, 6) is 0.943. The summed E-state index contributed by atoms with van der Waals surface area (Å²) >= 11 is 0. The minimum absolute atomic E-state index is 0.0958. The number of nitrogens with two attached hydrogens (primary N) is 1. The van der Waals surface area contributed by atoms with Crippen molar-refractivity contribution in [1.29, 1.82) is 0 Å². The van der Waals surface area contributed by atoms with Crippen LogP contribution in [-0.4, -0.2) is 29.6 Å². The largest absolute Gasteiger partial charge is 0.494 e. The normalized spacial score (nSPS) is 23.2. The molecule has 0 aliphatic carbocycles. The zero-order valence-electron chi connectivity index (χ0n) is 11.6. The third-order valence-electron chi connectivity index (χ3n) is 4.04. The first-order chi connectivity index (χ1) is 8.54. The van der Waals surface area contributed by atoms with Gasteiger partial charge < -0.3 is 10.5 Å². The highest BCUT2D eigenvalue weighted by Gasteiger charge is 2.38. The molecule has 3 nitrogen and oxygen atoms in total. The van der Waals surface area contributed by atoms with Crippen LogP contribution in [0.25, 0.3) is 0 Å². The fourth-order valence-corrected chi connectivity index (χ4v) is 2.53. The van der Waals surface area contributed by atoms with Crippen LogP contribution < -0.4 is 10.5 Å². The predicted octanol–water partition coefficient (Wildman–Crippen LogP) is 2.40. The first kappa shape index (κ1) is 13.4. The predicted molar refractivity (Wildman–Crippen MR) is 74.7 cm³/mol. The molecule has 0 saturated carbocycles. The molecule has 2 N–H and O–H groups in total. The van der Waals surface area contributed by atoms with Gasteiger partial charge in [-0.05, 0) is 44.9 Å². The van der Waals surface area contributed by atoms with Gasteiger partial charge in [-0.1, -0.05) is 12.1 Å². The maximum absolute atomic E-state index is 6.16. The van der Waals surface area contributed by atoms with Crippen molar-refractivity contribution in [2.24, 2.45) is 5.73 Å². The van der Waals surface area contributed by atoms with Gasteiger partial charge in [0.25, 0.3) is 0 Å². The van der Waals surface area contributed by atoms with Crippen LogP contribution >= 0.6 is 0 Å². The molecule has 18 heavy (non-hydrogen) atoms. The highest BCUT2D eigenvalue weighted by Crippen LogP contribution is 2.29. The van der Waals surface area contributed by atoms with E-state index in [1.807, 2.05) is 19.1 Å². The van der Waals surface area contributed by atoms with Crippen LogP contribution in [0.15, 0.2) is 24.3 Å². The van der Waals surface area contributed by atoms with Crippen molar-refractivity contribution >= 4 is 0 Å². The Kier molecular flexibility index (Phi) is 3.93. The Bertz CT molecular complexity index is 386. The van der Waals surface area contributed by atoms with Crippen LogP contribution in [0.4, 0.5) is 0 Å². The standard InChI is InChI=1S/C15H24N2O/c1-4-18-13-7-5-12(6-8-13)11-17-10-9-14(16)15(17,2)3/h5-8,14H,4,9-11,16H2,1-3H3. The summed E-state index contributed by atoms with van der Waals surface area (Å²) in [5.41, 5.74) is 7.57. The third kappa shape index (κ3) is 2.68. The topological polar surface area (TPSA) is 38.5 Å². The molecular formula is C15H24N2O. The second-order valence-corrected chi connectivity index (χ2v) is 5.55. The SMILES string of the molecule is CCOc1ccc(CN2CCC(N)C2(C)C)cc1. The second-order valence-electron chi connectivity index (χ2n) is 5.55. The van der Waals surface area contributed by atoms with E-state index in [2.05, 4.69) is 30.9 Å². The summed E-state index contributed by atoms with van der Waals surface area (Å²) in [4.78, 5) is 2.47. The van der Waals surface area contributed by atoms with Crippen molar-refractivity contribution < 1.29 is 4.74 Å². The van der Waals surface area contributed by atoms with Gasteiger partial charge in [0.15, 0.2) is 0 Å². The van der Waals surface area contributed by atoms with Crippen LogP contribution in [0.2, 0.25) is 0 Å². The van der Waals surface area contributed by atoms with Gasteiger partial charge in [-0.25, -0.2) is 0 Å². The number of rotatable bonds is 4. The lowest BCUT2D eigenvalue weighted by atomic mass is 9.96. The van der Waals surface area contributed by atoms with E-state index >= 15 is 0 Å². The lowest BCUT2D eigenvalue weighted by Gasteiger charge is -2.34. The van der Waals surface area contributed by atoms with E-state index in [0.717, 1.165) is 25.3 Å². The van der Waals surface area contributed by atoms with Crippen molar-refractivity contribution in [2.75, 3.05) is 13.2 Å². The molecule has 1 saturated heterocycles. The van der Waals surface area contributed by atoms with Gasteiger partial charge in [-0.2, -0.15) is 0 Å². The molecule has 1 atom stereocenters. The van der Waals surface area contributed by atoms with Gasteiger partial charge in [-0.15, -0.1) is 0 Å². The average Bonchev–Trinajstić information content (AvgIpc) is 2.59. The van der Waals surface area contributed by atoms with Crippen LogP contribution in [0.1, 0.15) is 32.8 Å². The van der Waals surface area contributed by atoms with Crippen molar-refractivity contribution in [3.05, 3.63) is 29.8 Å². The summed E-state index contributed by atoms with van der Waals surface area (Å²) in [5, 5.41) is 0. The Morgan fingerprint density at radius 2 is 2.00 bits per heavy atom. The molecule has 1 aliphatic heterocycles. The Morgan fingerprint density at radius 1 is 1.33 bits per heavy atom. The minimum atomic E-state index is 0.0958. The molecule has 2 rings (SSSR count). The van der Waals surface area contributed by atoms with Gasteiger partial charge >= 0.3 is 0 Å². The molecule has 1 aliphatic rings. The molecule has 0 radical (unpaired) electrons. The molecule has 3 heteroatoms. The van der Waals surface area contributed by atoms with Crippen molar-refractivity contribution in [1.82, 2.24) is 4.90 Å². The molecule has 1 unspecified atom stereocenters. The summed E-state index contributed by atoms with van der Waals surface area (Å²) in [6.45, 7) is 9.24. The third-order valence-corrected chi connectivity index (χ3v) is 4.04. The number of nitrogens with zero attached hydrogens (tertiary/aromatic N) is 1. The highest BCUT2D eigenvalue weighted by molar-refractivity contribution is 5.27. The fraction of sp³-hybridized carbons (Fsp3) is 0.600. The highest BCUT2D eigenvalue weighted by atomic mass is 16.5. The van der Waals surface area contributed by atoms with E-state index in [1.165, 1.54) is 5.56 Å². The maximum Gasteiger partial charge on any atom is 0.119 e.